The van der Waals surface area contributed by atoms with Crippen LogP contribution in [0.5, 0.6) is 0 Å². The molecule has 0 bridgehead atoms. The Morgan fingerprint density at radius 3 is 1.92 bits per heavy atom. The van der Waals surface area contributed by atoms with Gasteiger partial charge in [-0.25, -0.2) is 0 Å². The van der Waals surface area contributed by atoms with E-state index < -0.39 is 0 Å². The van der Waals surface area contributed by atoms with Gasteiger partial charge in [0.2, 0.25) is 0 Å². The first-order valence-corrected chi connectivity index (χ1v) is 17.3. The molecular weight excluding hydrogens is 642 g/mol. The average molecular weight is 664 g/mol. The highest BCUT2D eigenvalue weighted by Crippen LogP contribution is 2.43. The lowest BCUT2D eigenvalue weighted by molar-refractivity contribution is 0.669. The lowest BCUT2D eigenvalue weighted by Crippen LogP contribution is -1.94. The van der Waals surface area contributed by atoms with E-state index in [0.29, 0.717) is 10.6 Å². The van der Waals surface area contributed by atoms with Gasteiger partial charge in [-0.1, -0.05) is 48.0 Å². The van der Waals surface area contributed by atoms with Crippen LogP contribution in [-0.2, 0) is 0 Å². The number of nitriles is 1. The second-order valence-electron chi connectivity index (χ2n) is 12.6. The Morgan fingerprint density at radius 2 is 1.14 bits per heavy atom. The molecule has 0 saturated carbocycles. The highest BCUT2D eigenvalue weighted by atomic mass is 35.5. The van der Waals surface area contributed by atoms with E-state index in [1.54, 1.807) is 0 Å². The van der Waals surface area contributed by atoms with Crippen molar-refractivity contribution < 1.29 is 4.42 Å². The van der Waals surface area contributed by atoms with E-state index in [1.165, 1.54) is 30.9 Å². The molecule has 0 aliphatic rings. The fourth-order valence-corrected chi connectivity index (χ4v) is 9.17. The Labute approximate surface area is 287 Å². The summed E-state index contributed by atoms with van der Waals surface area (Å²) in [6.45, 7) is 0. The van der Waals surface area contributed by atoms with Crippen molar-refractivity contribution in [3.63, 3.8) is 0 Å². The number of para-hydroxylation sites is 2. The lowest BCUT2D eigenvalue weighted by Gasteiger charge is -2.10. The first-order chi connectivity index (χ1) is 24.1. The van der Waals surface area contributed by atoms with Crippen molar-refractivity contribution in [2.24, 2.45) is 0 Å². The average Bonchev–Trinajstić information content (AvgIpc) is 3.88. The number of thiophene rings is 1. The number of furan rings is 1. The molecule has 0 atom stereocenters. The summed E-state index contributed by atoms with van der Waals surface area (Å²) in [5, 5.41) is 19.5. The van der Waals surface area contributed by atoms with E-state index in [1.807, 2.05) is 53.8 Å². The molecule has 0 unspecified atom stereocenters. The molecule has 7 aromatic carbocycles. The Morgan fingerprint density at radius 1 is 0.510 bits per heavy atom. The molecule has 0 fully saturated rings. The van der Waals surface area contributed by atoms with Gasteiger partial charge in [0.1, 0.15) is 11.2 Å². The van der Waals surface area contributed by atoms with Crippen molar-refractivity contribution >= 4 is 109 Å². The van der Waals surface area contributed by atoms with Crippen molar-refractivity contribution in [3.8, 4) is 17.4 Å². The summed E-state index contributed by atoms with van der Waals surface area (Å²) in [6.07, 6.45) is 0. The highest BCUT2D eigenvalue weighted by Gasteiger charge is 2.20. The van der Waals surface area contributed by atoms with Crippen LogP contribution in [-0.4, -0.2) is 9.13 Å². The second kappa shape index (κ2) is 9.74. The number of halogens is 1. The molecule has 0 aliphatic carbocycles. The zero-order valence-corrected chi connectivity index (χ0v) is 27.3. The maximum atomic E-state index is 9.64. The first kappa shape index (κ1) is 26.9. The molecule has 6 heteroatoms. The van der Waals surface area contributed by atoms with Crippen LogP contribution in [0.15, 0.2) is 138 Å². The number of rotatable bonds is 2. The zero-order chi connectivity index (χ0) is 32.4. The van der Waals surface area contributed by atoms with E-state index >= 15 is 0 Å². The molecule has 0 spiro atoms. The molecule has 4 heterocycles. The van der Waals surface area contributed by atoms with Gasteiger partial charge in [-0.15, -0.1) is 11.3 Å². The summed E-state index contributed by atoms with van der Waals surface area (Å²) in [4.78, 5) is 0. The Hall–Kier alpha value is -6.06. The van der Waals surface area contributed by atoms with Gasteiger partial charge in [-0.05, 0) is 97.1 Å². The van der Waals surface area contributed by atoms with Crippen LogP contribution in [0.4, 0.5) is 0 Å². The molecule has 11 rings (SSSR count). The fraction of sp³-hybridized carbons (Fsp3) is 0. The molecule has 0 amide bonds. The van der Waals surface area contributed by atoms with Crippen molar-refractivity contribution in [1.29, 1.82) is 5.26 Å². The molecule has 4 aromatic heterocycles. The normalized spacial score (nSPS) is 12.2. The van der Waals surface area contributed by atoms with Crippen molar-refractivity contribution in [1.82, 2.24) is 9.13 Å². The minimum atomic E-state index is 0.630. The van der Waals surface area contributed by atoms with Gasteiger partial charge in [0.15, 0.2) is 0 Å². The smallest absolute Gasteiger partial charge is 0.136 e. The van der Waals surface area contributed by atoms with Crippen molar-refractivity contribution in [2.75, 3.05) is 0 Å². The van der Waals surface area contributed by atoms with Crippen LogP contribution < -0.4 is 0 Å². The third-order valence-electron chi connectivity index (χ3n) is 9.99. The van der Waals surface area contributed by atoms with Crippen LogP contribution in [0.1, 0.15) is 5.56 Å². The van der Waals surface area contributed by atoms with E-state index in [2.05, 4.69) is 106 Å². The topological polar surface area (TPSA) is 46.8 Å². The Bertz CT molecular complexity index is 3260. The van der Waals surface area contributed by atoms with Crippen LogP contribution in [0.25, 0.3) is 97.1 Å². The number of hydrogen-bond donors (Lipinski definition) is 0. The molecule has 0 aliphatic heterocycles. The maximum Gasteiger partial charge on any atom is 0.136 e. The largest absolute Gasteiger partial charge is 0.456 e. The Balaban J connectivity index is 1.17. The minimum absolute atomic E-state index is 0.630. The summed E-state index contributed by atoms with van der Waals surface area (Å²) in [5.74, 6) is 0. The lowest BCUT2D eigenvalue weighted by atomic mass is 10.1. The Kier molecular flexibility index (Phi) is 5.36. The highest BCUT2D eigenvalue weighted by molar-refractivity contribution is 7.25. The first-order valence-electron chi connectivity index (χ1n) is 16.1. The molecule has 0 radical (unpaired) electrons. The summed E-state index contributed by atoms with van der Waals surface area (Å²) in [5.41, 5.74) is 9.03. The quantitative estimate of drug-likeness (QED) is 0.185. The summed E-state index contributed by atoms with van der Waals surface area (Å²) >= 11 is 8.29. The summed E-state index contributed by atoms with van der Waals surface area (Å²) in [7, 11) is 0. The third-order valence-corrected chi connectivity index (χ3v) is 11.4. The van der Waals surface area contributed by atoms with E-state index in [-0.39, 0.29) is 0 Å². The predicted molar refractivity (Wildman–Crippen MR) is 205 cm³/mol. The second-order valence-corrected chi connectivity index (χ2v) is 14.1. The molecule has 11 aromatic rings. The van der Waals surface area contributed by atoms with Gasteiger partial charge in [-0.2, -0.15) is 5.26 Å². The maximum absolute atomic E-state index is 9.64. The molecular formula is C43H22ClN3OS. The van der Waals surface area contributed by atoms with E-state index in [0.717, 1.165) is 66.2 Å². The minimum Gasteiger partial charge on any atom is -0.456 e. The number of nitrogens with zero attached hydrogens (tertiary/aromatic N) is 3. The fourth-order valence-electron chi connectivity index (χ4n) is 7.93. The van der Waals surface area contributed by atoms with Gasteiger partial charge >= 0.3 is 0 Å². The van der Waals surface area contributed by atoms with Crippen molar-refractivity contribution in [3.05, 3.63) is 144 Å². The van der Waals surface area contributed by atoms with Crippen molar-refractivity contribution in [2.45, 2.75) is 0 Å². The third kappa shape index (κ3) is 3.67. The molecule has 49 heavy (non-hydrogen) atoms. The number of benzene rings is 7. The van der Waals surface area contributed by atoms with Crippen LogP contribution >= 0.6 is 22.9 Å². The van der Waals surface area contributed by atoms with Gasteiger partial charge in [0.25, 0.3) is 0 Å². The van der Waals surface area contributed by atoms with Gasteiger partial charge in [0.05, 0.1) is 33.7 Å². The van der Waals surface area contributed by atoms with E-state index in [9.17, 15) is 5.26 Å². The van der Waals surface area contributed by atoms with Crippen LogP contribution in [0.2, 0.25) is 5.02 Å². The number of fused-ring (bicyclic) bond motifs is 13. The SMILES string of the molecule is N#Cc1ccc2c(c1)c1cc(Cl)ccc1n2-c1ccc2sc3ccc(-n4c5ccccc5c5c6c(ccc54)oc4ccccc46)cc3c2c1. The molecule has 0 saturated heterocycles. The molecule has 4 nitrogen and oxygen atoms in total. The molecule has 0 N–H and O–H groups in total. The van der Waals surface area contributed by atoms with Crippen LogP contribution in [0.3, 0.4) is 0 Å². The summed E-state index contributed by atoms with van der Waals surface area (Å²) in [6, 6.07) is 49.0. The predicted octanol–water partition coefficient (Wildman–Crippen LogP) is 12.7. The molecule has 228 valence electrons. The van der Waals surface area contributed by atoms with Gasteiger partial charge in [-0.3, -0.25) is 0 Å². The van der Waals surface area contributed by atoms with Gasteiger partial charge in [0, 0.05) is 68.9 Å². The standard InChI is InChI=1S/C43H22ClN3OS/c44-25-10-14-36-31(20-25)30-19-24(23-45)9-13-35(30)46(36)26-11-17-40-32(21-26)33-22-27(12-18-41(33)49-40)47-34-7-3-1-5-28(34)42-37(47)15-16-39-43(42)29-6-2-4-8-38(29)48-39/h1-22H. The van der Waals surface area contributed by atoms with Crippen LogP contribution in [0, 0.1) is 11.3 Å². The summed E-state index contributed by atoms with van der Waals surface area (Å²) < 4.78 is 13.5. The number of hydrogen-bond acceptors (Lipinski definition) is 3. The zero-order valence-electron chi connectivity index (χ0n) is 25.7. The monoisotopic (exact) mass is 663 g/mol. The van der Waals surface area contributed by atoms with E-state index in [4.69, 9.17) is 16.0 Å². The number of aromatic nitrogens is 2. The van der Waals surface area contributed by atoms with Gasteiger partial charge < -0.3 is 13.6 Å².